The van der Waals surface area contributed by atoms with Gasteiger partial charge in [0.1, 0.15) is 0 Å². The lowest BCUT2D eigenvalue weighted by atomic mass is 9.67. The van der Waals surface area contributed by atoms with Crippen molar-refractivity contribution in [2.45, 2.75) is 78.2 Å². The van der Waals surface area contributed by atoms with Gasteiger partial charge in [-0.2, -0.15) is 0 Å². The van der Waals surface area contributed by atoms with Crippen LogP contribution in [0.4, 0.5) is 0 Å². The molecule has 0 aromatic heterocycles. The summed E-state index contributed by atoms with van der Waals surface area (Å²) in [7, 11) is 0. The molecule has 3 heteroatoms. The maximum absolute atomic E-state index is 12.7. The summed E-state index contributed by atoms with van der Waals surface area (Å²) in [5, 5.41) is 3.30. The monoisotopic (exact) mass is 294 g/mol. The van der Waals surface area contributed by atoms with Gasteiger partial charge in [-0.15, -0.1) is 0 Å². The van der Waals surface area contributed by atoms with Gasteiger partial charge in [-0.25, -0.2) is 0 Å². The van der Waals surface area contributed by atoms with Crippen LogP contribution >= 0.6 is 0 Å². The molecular weight excluding hydrogens is 260 g/mol. The first-order chi connectivity index (χ1) is 9.91. The lowest BCUT2D eigenvalue weighted by molar-refractivity contribution is -0.128. The molecule has 2 rings (SSSR count). The third-order valence-electron chi connectivity index (χ3n) is 5.73. The van der Waals surface area contributed by atoms with Crippen LogP contribution in [0.15, 0.2) is 0 Å². The summed E-state index contributed by atoms with van der Waals surface area (Å²) >= 11 is 0. The summed E-state index contributed by atoms with van der Waals surface area (Å²) in [6, 6.07) is 0.194. The fourth-order valence-corrected chi connectivity index (χ4v) is 4.29. The zero-order valence-electron chi connectivity index (χ0n) is 14.2. The Morgan fingerprint density at radius 2 is 1.81 bits per heavy atom. The largest absolute Gasteiger partial charge is 0.353 e. The number of carbonyl (C=O) groups excluding carboxylic acids is 1. The number of amides is 1. The Hall–Kier alpha value is -0.570. The summed E-state index contributed by atoms with van der Waals surface area (Å²) < 4.78 is 0. The van der Waals surface area contributed by atoms with Crippen LogP contribution in [0.2, 0.25) is 0 Å². The topological polar surface area (TPSA) is 55.1 Å². The molecule has 3 nitrogen and oxygen atoms in total. The van der Waals surface area contributed by atoms with Crippen LogP contribution in [0.25, 0.3) is 0 Å². The Labute approximate surface area is 130 Å². The number of nitrogens with two attached hydrogens (primary N) is 1. The van der Waals surface area contributed by atoms with Crippen molar-refractivity contribution in [2.75, 3.05) is 6.54 Å². The van der Waals surface area contributed by atoms with Gasteiger partial charge in [0.25, 0.3) is 0 Å². The molecule has 0 aromatic rings. The van der Waals surface area contributed by atoms with E-state index in [-0.39, 0.29) is 23.3 Å². The fraction of sp³-hybridized carbons (Fsp3) is 0.944. The van der Waals surface area contributed by atoms with Crippen molar-refractivity contribution in [2.24, 2.45) is 28.9 Å². The van der Waals surface area contributed by atoms with Crippen molar-refractivity contribution in [3.05, 3.63) is 0 Å². The number of hydrogen-bond acceptors (Lipinski definition) is 2. The maximum Gasteiger partial charge on any atom is 0.223 e. The van der Waals surface area contributed by atoms with E-state index in [1.165, 1.54) is 32.1 Å². The number of nitrogens with one attached hydrogen (secondary N) is 1. The number of hydrogen-bond donors (Lipinski definition) is 2. The molecule has 4 atom stereocenters. The molecular formula is C18H34N2O. The van der Waals surface area contributed by atoms with Gasteiger partial charge in [0, 0.05) is 12.0 Å². The predicted octanol–water partition coefficient (Wildman–Crippen LogP) is 3.47. The van der Waals surface area contributed by atoms with Gasteiger partial charge in [-0.05, 0) is 49.5 Å². The van der Waals surface area contributed by atoms with Crippen molar-refractivity contribution in [1.29, 1.82) is 0 Å². The van der Waals surface area contributed by atoms with Crippen molar-refractivity contribution in [3.8, 4) is 0 Å². The Balaban J connectivity index is 1.90. The SMILES string of the molecule is CC(C)(C)C(CCN)NC(=O)C1CCC2CCCCC2C1. The molecule has 0 spiro atoms. The van der Waals surface area contributed by atoms with E-state index >= 15 is 0 Å². The van der Waals surface area contributed by atoms with Crippen LogP contribution < -0.4 is 11.1 Å². The first-order valence-electron chi connectivity index (χ1n) is 8.92. The summed E-state index contributed by atoms with van der Waals surface area (Å²) in [6.45, 7) is 7.19. The molecule has 2 fully saturated rings. The van der Waals surface area contributed by atoms with Gasteiger partial charge in [-0.1, -0.05) is 46.5 Å². The Kier molecular flexibility index (Phi) is 5.70. The van der Waals surface area contributed by atoms with Crippen LogP contribution in [0, 0.1) is 23.2 Å². The molecule has 21 heavy (non-hydrogen) atoms. The summed E-state index contributed by atoms with van der Waals surface area (Å²) in [5.74, 6) is 2.25. The molecule has 2 aliphatic carbocycles. The normalized spacial score (nSPS) is 31.3. The van der Waals surface area contributed by atoms with Gasteiger partial charge in [-0.3, -0.25) is 4.79 Å². The molecule has 1 amide bonds. The van der Waals surface area contributed by atoms with E-state index in [1.54, 1.807) is 0 Å². The fourth-order valence-electron chi connectivity index (χ4n) is 4.29. The molecule has 3 N–H and O–H groups in total. The minimum atomic E-state index is 0.0804. The molecule has 0 radical (unpaired) electrons. The molecule has 122 valence electrons. The standard InChI is InChI=1S/C18H34N2O/c1-18(2,3)16(10-11-19)20-17(21)15-9-8-13-6-4-5-7-14(13)12-15/h13-16H,4-12,19H2,1-3H3,(H,20,21). The second-order valence-corrected chi connectivity index (χ2v) is 8.32. The van der Waals surface area contributed by atoms with Gasteiger partial charge in [0.05, 0.1) is 0 Å². The second-order valence-electron chi connectivity index (χ2n) is 8.32. The molecule has 0 aliphatic heterocycles. The van der Waals surface area contributed by atoms with Crippen LogP contribution in [-0.2, 0) is 4.79 Å². The van der Waals surface area contributed by atoms with Gasteiger partial charge in [0.2, 0.25) is 5.91 Å². The first kappa shape index (κ1) is 16.8. The van der Waals surface area contributed by atoms with Crippen LogP contribution in [0.3, 0.4) is 0 Å². The lowest BCUT2D eigenvalue weighted by Crippen LogP contribution is -2.48. The van der Waals surface area contributed by atoms with Gasteiger partial charge < -0.3 is 11.1 Å². The third-order valence-corrected chi connectivity index (χ3v) is 5.73. The van der Waals surface area contributed by atoms with Crippen LogP contribution in [0.5, 0.6) is 0 Å². The van der Waals surface area contributed by atoms with Gasteiger partial charge in [0.15, 0.2) is 0 Å². The molecule has 0 saturated heterocycles. The lowest BCUT2D eigenvalue weighted by Gasteiger charge is -2.40. The molecule has 0 bridgehead atoms. The highest BCUT2D eigenvalue weighted by molar-refractivity contribution is 5.79. The van der Waals surface area contributed by atoms with E-state index in [2.05, 4.69) is 26.1 Å². The van der Waals surface area contributed by atoms with Gasteiger partial charge >= 0.3 is 0 Å². The highest BCUT2D eigenvalue weighted by atomic mass is 16.1. The molecule has 0 heterocycles. The zero-order chi connectivity index (χ0) is 15.5. The quantitative estimate of drug-likeness (QED) is 0.834. The summed E-state index contributed by atoms with van der Waals surface area (Å²) in [6.07, 6.45) is 9.86. The Bertz CT molecular complexity index is 348. The third kappa shape index (κ3) is 4.45. The number of carbonyl (C=O) groups is 1. The summed E-state index contributed by atoms with van der Waals surface area (Å²) in [5.41, 5.74) is 5.80. The average Bonchev–Trinajstić information content (AvgIpc) is 2.45. The summed E-state index contributed by atoms with van der Waals surface area (Å²) in [4.78, 5) is 12.7. The van der Waals surface area contributed by atoms with Crippen molar-refractivity contribution < 1.29 is 4.79 Å². The minimum Gasteiger partial charge on any atom is -0.353 e. The molecule has 0 aromatic carbocycles. The first-order valence-corrected chi connectivity index (χ1v) is 8.92. The highest BCUT2D eigenvalue weighted by Gasteiger charge is 2.36. The number of fused-ring (bicyclic) bond motifs is 1. The maximum atomic E-state index is 12.7. The molecule has 2 saturated carbocycles. The average molecular weight is 294 g/mol. The predicted molar refractivity (Wildman–Crippen MR) is 87.8 cm³/mol. The van der Waals surface area contributed by atoms with Crippen molar-refractivity contribution in [1.82, 2.24) is 5.32 Å². The number of rotatable bonds is 4. The van der Waals surface area contributed by atoms with Crippen molar-refractivity contribution >= 4 is 5.91 Å². The van der Waals surface area contributed by atoms with Crippen LogP contribution in [-0.4, -0.2) is 18.5 Å². The zero-order valence-corrected chi connectivity index (χ0v) is 14.2. The molecule has 2 aliphatic rings. The van der Waals surface area contributed by atoms with E-state index in [4.69, 9.17) is 5.73 Å². The van der Waals surface area contributed by atoms with E-state index in [1.807, 2.05) is 0 Å². The minimum absolute atomic E-state index is 0.0804. The smallest absolute Gasteiger partial charge is 0.223 e. The Morgan fingerprint density at radius 3 is 2.43 bits per heavy atom. The van der Waals surface area contributed by atoms with E-state index < -0.39 is 0 Å². The second kappa shape index (κ2) is 7.13. The molecule has 4 unspecified atom stereocenters. The van der Waals surface area contributed by atoms with Crippen molar-refractivity contribution in [3.63, 3.8) is 0 Å². The van der Waals surface area contributed by atoms with E-state index in [9.17, 15) is 4.79 Å². The highest BCUT2D eigenvalue weighted by Crippen LogP contribution is 2.42. The Morgan fingerprint density at radius 1 is 1.14 bits per heavy atom. The van der Waals surface area contributed by atoms with E-state index in [0.29, 0.717) is 6.54 Å². The van der Waals surface area contributed by atoms with E-state index in [0.717, 1.165) is 31.1 Å². The van der Waals surface area contributed by atoms with Crippen LogP contribution in [0.1, 0.15) is 72.1 Å².